The van der Waals surface area contributed by atoms with E-state index >= 15 is 0 Å². The molecule has 1 aromatic heterocycles. The Morgan fingerprint density at radius 3 is 2.50 bits per heavy atom. The Morgan fingerprint density at radius 2 is 1.81 bits per heavy atom. The number of amides is 1. The van der Waals surface area contributed by atoms with E-state index in [4.69, 9.17) is 15.2 Å². The quantitative estimate of drug-likeness (QED) is 0.660. The van der Waals surface area contributed by atoms with E-state index in [-0.39, 0.29) is 11.9 Å². The molecule has 0 aliphatic carbocycles. The third kappa shape index (κ3) is 3.73. The molecule has 0 saturated carbocycles. The lowest BCUT2D eigenvalue weighted by Gasteiger charge is -2.10. The van der Waals surface area contributed by atoms with Gasteiger partial charge in [0, 0.05) is 19.7 Å². The van der Waals surface area contributed by atoms with Crippen LogP contribution in [0.1, 0.15) is 10.4 Å². The van der Waals surface area contributed by atoms with Crippen molar-refractivity contribution in [3.8, 4) is 17.0 Å². The van der Waals surface area contributed by atoms with Crippen LogP contribution in [0.5, 0.6) is 5.88 Å². The normalized spacial score (nSPS) is 10.7. The number of anilines is 1. The molecule has 0 saturated heterocycles. The fraction of sp³-hybridized carbons (Fsp3) is 0.211. The highest BCUT2D eigenvalue weighted by molar-refractivity contribution is 5.95. The maximum atomic E-state index is 11.7. The molecule has 0 aliphatic rings. The molecular formula is C19H20N4O3. The van der Waals surface area contributed by atoms with Gasteiger partial charge in [0.2, 0.25) is 11.8 Å². The number of hydrogen-bond acceptors (Lipinski definition) is 6. The van der Waals surface area contributed by atoms with Crippen molar-refractivity contribution >= 4 is 22.8 Å². The van der Waals surface area contributed by atoms with Crippen LogP contribution in [0.3, 0.4) is 0 Å². The molecule has 0 aliphatic heterocycles. The Bertz CT molecular complexity index is 926. The minimum Gasteiger partial charge on any atom is -0.475 e. The molecule has 3 N–H and O–H groups in total. The maximum Gasteiger partial charge on any atom is 0.251 e. The van der Waals surface area contributed by atoms with Crippen molar-refractivity contribution in [3.63, 3.8) is 0 Å². The summed E-state index contributed by atoms with van der Waals surface area (Å²) in [7, 11) is 3.22. The number of nitrogens with two attached hydrogens (primary N) is 1. The van der Waals surface area contributed by atoms with Crippen LogP contribution in [-0.2, 0) is 4.74 Å². The number of fused-ring (bicyclic) bond motifs is 1. The van der Waals surface area contributed by atoms with Crippen molar-refractivity contribution in [1.29, 1.82) is 0 Å². The molecule has 2 aromatic carbocycles. The highest BCUT2D eigenvalue weighted by atomic mass is 16.5. The second-order valence-electron chi connectivity index (χ2n) is 5.62. The molecule has 0 radical (unpaired) electrons. The molecule has 0 bridgehead atoms. The Hall–Kier alpha value is -3.19. The molecule has 26 heavy (non-hydrogen) atoms. The summed E-state index contributed by atoms with van der Waals surface area (Å²) >= 11 is 0. The van der Waals surface area contributed by atoms with Gasteiger partial charge in [-0.15, -0.1) is 0 Å². The number of nitrogen functional groups attached to an aromatic ring is 1. The molecule has 1 amide bonds. The summed E-state index contributed by atoms with van der Waals surface area (Å²) in [5.74, 6) is 0.466. The molecule has 0 atom stereocenters. The number of nitrogens with zero attached hydrogens (tertiary/aromatic N) is 2. The number of carbonyl (C=O) groups excluding carboxylic acids is 1. The van der Waals surface area contributed by atoms with E-state index in [0.29, 0.717) is 30.2 Å². The molecule has 0 unspecified atom stereocenters. The van der Waals surface area contributed by atoms with Crippen LogP contribution in [-0.4, -0.2) is 43.2 Å². The van der Waals surface area contributed by atoms with Gasteiger partial charge in [0.15, 0.2) is 0 Å². The Labute approximate surface area is 151 Å². The summed E-state index contributed by atoms with van der Waals surface area (Å²) < 4.78 is 10.7. The van der Waals surface area contributed by atoms with E-state index in [1.165, 1.54) is 0 Å². The summed E-state index contributed by atoms with van der Waals surface area (Å²) in [5, 5.41) is 3.37. The van der Waals surface area contributed by atoms with Crippen molar-refractivity contribution in [2.75, 3.05) is 33.1 Å². The van der Waals surface area contributed by atoms with Crippen molar-refractivity contribution in [2.45, 2.75) is 0 Å². The molecule has 3 rings (SSSR count). The monoisotopic (exact) mass is 352 g/mol. The number of benzene rings is 2. The lowest BCUT2D eigenvalue weighted by atomic mass is 10.0. The number of ether oxygens (including phenoxy) is 2. The summed E-state index contributed by atoms with van der Waals surface area (Å²) in [4.78, 5) is 20.1. The first-order chi connectivity index (χ1) is 12.6. The minimum atomic E-state index is -0.118. The first kappa shape index (κ1) is 17.6. The fourth-order valence-electron chi connectivity index (χ4n) is 2.59. The molecule has 0 spiro atoms. The van der Waals surface area contributed by atoms with Gasteiger partial charge in [-0.1, -0.05) is 18.2 Å². The Morgan fingerprint density at radius 1 is 1.08 bits per heavy atom. The van der Waals surface area contributed by atoms with Crippen LogP contribution in [0.4, 0.5) is 5.95 Å². The molecule has 7 heteroatoms. The average molecular weight is 352 g/mol. The first-order valence-electron chi connectivity index (χ1n) is 8.14. The third-order valence-electron chi connectivity index (χ3n) is 3.91. The molecule has 0 fully saturated rings. The van der Waals surface area contributed by atoms with Crippen molar-refractivity contribution in [3.05, 3.63) is 48.0 Å². The smallest absolute Gasteiger partial charge is 0.251 e. The van der Waals surface area contributed by atoms with Gasteiger partial charge >= 0.3 is 0 Å². The predicted octanol–water partition coefficient (Wildman–Crippen LogP) is 2.26. The average Bonchev–Trinajstić information content (AvgIpc) is 2.67. The fourth-order valence-corrected chi connectivity index (χ4v) is 2.59. The van der Waals surface area contributed by atoms with E-state index in [2.05, 4.69) is 15.3 Å². The van der Waals surface area contributed by atoms with E-state index in [9.17, 15) is 4.79 Å². The van der Waals surface area contributed by atoms with Gasteiger partial charge in [0.25, 0.3) is 5.91 Å². The van der Waals surface area contributed by atoms with Gasteiger partial charge in [-0.3, -0.25) is 4.79 Å². The molecule has 3 aromatic rings. The maximum absolute atomic E-state index is 11.7. The number of carbonyl (C=O) groups is 1. The second kappa shape index (κ2) is 7.79. The van der Waals surface area contributed by atoms with Gasteiger partial charge in [0.1, 0.15) is 6.61 Å². The second-order valence-corrected chi connectivity index (χ2v) is 5.62. The Kier molecular flexibility index (Phi) is 5.28. The van der Waals surface area contributed by atoms with Crippen LogP contribution < -0.4 is 15.8 Å². The molecule has 1 heterocycles. The summed E-state index contributed by atoms with van der Waals surface area (Å²) in [6.45, 7) is 0.819. The highest BCUT2D eigenvalue weighted by Crippen LogP contribution is 2.29. The zero-order valence-electron chi connectivity index (χ0n) is 14.7. The largest absolute Gasteiger partial charge is 0.475 e. The minimum absolute atomic E-state index is 0.118. The van der Waals surface area contributed by atoms with Gasteiger partial charge in [-0.25, -0.2) is 4.98 Å². The topological polar surface area (TPSA) is 99.4 Å². The molecule has 134 valence electrons. The number of methoxy groups -OCH3 is 1. The van der Waals surface area contributed by atoms with Crippen molar-refractivity contribution in [1.82, 2.24) is 15.3 Å². The summed E-state index contributed by atoms with van der Waals surface area (Å²) in [5.41, 5.74) is 9.01. The number of hydrogen-bond donors (Lipinski definition) is 2. The first-order valence-corrected chi connectivity index (χ1v) is 8.14. The lowest BCUT2D eigenvalue weighted by molar-refractivity contribution is 0.0963. The standard InChI is InChI=1S/C19H20N4O3/c1-21-17(24)13-5-3-12(4-6-13)14-7-8-16-15(11-14)18(23-19(20)22-16)26-10-9-25-2/h3-8,11H,9-10H2,1-2H3,(H,21,24)(H2,20,22,23). The van der Waals surface area contributed by atoms with Gasteiger partial charge in [-0.05, 0) is 35.4 Å². The zero-order valence-corrected chi connectivity index (χ0v) is 14.7. The summed E-state index contributed by atoms with van der Waals surface area (Å²) in [6, 6.07) is 13.1. The van der Waals surface area contributed by atoms with Crippen LogP contribution in [0, 0.1) is 0 Å². The number of nitrogens with one attached hydrogen (secondary N) is 1. The van der Waals surface area contributed by atoms with E-state index in [0.717, 1.165) is 16.5 Å². The van der Waals surface area contributed by atoms with Crippen molar-refractivity contribution < 1.29 is 14.3 Å². The van der Waals surface area contributed by atoms with E-state index in [1.54, 1.807) is 26.3 Å². The summed E-state index contributed by atoms with van der Waals surface area (Å²) in [6.07, 6.45) is 0. The number of rotatable bonds is 6. The van der Waals surface area contributed by atoms with Crippen LogP contribution in [0.15, 0.2) is 42.5 Å². The Balaban J connectivity index is 1.98. The van der Waals surface area contributed by atoms with Crippen LogP contribution >= 0.6 is 0 Å². The number of aromatic nitrogens is 2. The van der Waals surface area contributed by atoms with E-state index < -0.39 is 0 Å². The van der Waals surface area contributed by atoms with E-state index in [1.807, 2.05) is 30.3 Å². The highest BCUT2D eigenvalue weighted by Gasteiger charge is 2.10. The third-order valence-corrected chi connectivity index (χ3v) is 3.91. The zero-order chi connectivity index (χ0) is 18.5. The predicted molar refractivity (Wildman–Crippen MR) is 100 cm³/mol. The van der Waals surface area contributed by atoms with Crippen molar-refractivity contribution in [2.24, 2.45) is 0 Å². The van der Waals surface area contributed by atoms with Crippen LogP contribution in [0.25, 0.3) is 22.0 Å². The van der Waals surface area contributed by atoms with Gasteiger partial charge in [-0.2, -0.15) is 4.98 Å². The SMILES string of the molecule is CNC(=O)c1ccc(-c2ccc3nc(N)nc(OCCOC)c3c2)cc1. The molecular weight excluding hydrogens is 332 g/mol. The van der Waals surface area contributed by atoms with Gasteiger partial charge in [0.05, 0.1) is 17.5 Å². The lowest BCUT2D eigenvalue weighted by Crippen LogP contribution is -2.17. The van der Waals surface area contributed by atoms with Crippen LogP contribution in [0.2, 0.25) is 0 Å². The van der Waals surface area contributed by atoms with Gasteiger partial charge < -0.3 is 20.5 Å². The molecule has 7 nitrogen and oxygen atoms in total.